The first kappa shape index (κ1) is 18.0. The highest BCUT2D eigenvalue weighted by Crippen LogP contribution is 2.21. The molecule has 0 atom stereocenters. The van der Waals surface area contributed by atoms with Crippen molar-refractivity contribution in [3.05, 3.63) is 29.3 Å². The molecule has 0 aromatic heterocycles. The minimum Gasteiger partial charge on any atom is -0.496 e. The van der Waals surface area contributed by atoms with E-state index in [1.807, 2.05) is 0 Å². The van der Waals surface area contributed by atoms with Crippen molar-refractivity contribution in [3.8, 4) is 5.75 Å². The molecule has 1 aromatic carbocycles. The van der Waals surface area contributed by atoms with Crippen LogP contribution in [0.4, 0.5) is 0 Å². The van der Waals surface area contributed by atoms with E-state index in [0.29, 0.717) is 0 Å². The first-order chi connectivity index (χ1) is 10.1. The van der Waals surface area contributed by atoms with Crippen molar-refractivity contribution in [1.29, 1.82) is 0 Å². The maximum atomic E-state index is 5.54. The van der Waals surface area contributed by atoms with Gasteiger partial charge >= 0.3 is 0 Å². The van der Waals surface area contributed by atoms with Crippen LogP contribution in [0.25, 0.3) is 0 Å². The van der Waals surface area contributed by atoms with Crippen molar-refractivity contribution >= 4 is 0 Å². The molecule has 0 saturated heterocycles. The van der Waals surface area contributed by atoms with Crippen LogP contribution in [0.15, 0.2) is 18.2 Å². The Hall–Kier alpha value is -1.10. The minimum atomic E-state index is 0.850. The number of hydrogen-bond donors (Lipinski definition) is 1. The maximum Gasteiger partial charge on any atom is 0.123 e. The molecule has 0 unspecified atom stereocenters. The molecule has 0 saturated carbocycles. The molecule has 0 aliphatic rings. The molecule has 0 aliphatic heterocycles. The van der Waals surface area contributed by atoms with Gasteiger partial charge in [-0.15, -0.1) is 0 Å². The summed E-state index contributed by atoms with van der Waals surface area (Å²) < 4.78 is 5.54. The van der Waals surface area contributed by atoms with Crippen LogP contribution in [-0.2, 0) is 13.1 Å². The fourth-order valence-corrected chi connectivity index (χ4v) is 2.26. The summed E-state index contributed by atoms with van der Waals surface area (Å²) in [6.45, 7) is 10.4. The van der Waals surface area contributed by atoms with Gasteiger partial charge in [0.1, 0.15) is 5.75 Å². The Morgan fingerprint density at radius 2 is 1.86 bits per heavy atom. The van der Waals surface area contributed by atoms with Gasteiger partial charge in [-0.2, -0.15) is 0 Å². The van der Waals surface area contributed by atoms with E-state index in [2.05, 4.69) is 61.3 Å². The van der Waals surface area contributed by atoms with E-state index in [1.54, 1.807) is 7.11 Å². The van der Waals surface area contributed by atoms with Gasteiger partial charge in [-0.3, -0.25) is 4.90 Å². The molecule has 1 rings (SSSR count). The molecule has 0 heterocycles. The summed E-state index contributed by atoms with van der Waals surface area (Å²) in [6, 6.07) is 6.56. The normalized spacial score (nSPS) is 11.4. The lowest BCUT2D eigenvalue weighted by molar-refractivity contribution is 0.295. The highest BCUT2D eigenvalue weighted by atomic mass is 16.5. The quantitative estimate of drug-likeness (QED) is 0.669. The largest absolute Gasteiger partial charge is 0.496 e. The lowest BCUT2D eigenvalue weighted by Crippen LogP contribution is -2.26. The Kier molecular flexibility index (Phi) is 8.35. The molecule has 0 bridgehead atoms. The number of likely N-dealkylation sites (N-methyl/N-ethyl adjacent to an activating group) is 1. The zero-order valence-electron chi connectivity index (χ0n) is 14.3. The molecule has 0 fully saturated rings. The zero-order chi connectivity index (χ0) is 15.7. The minimum absolute atomic E-state index is 0.850. The van der Waals surface area contributed by atoms with Crippen LogP contribution in [-0.4, -0.2) is 57.2 Å². The van der Waals surface area contributed by atoms with Crippen LogP contribution >= 0.6 is 0 Å². The van der Waals surface area contributed by atoms with Gasteiger partial charge in [-0.1, -0.05) is 26.0 Å². The van der Waals surface area contributed by atoms with E-state index in [9.17, 15) is 0 Å². The number of methoxy groups -OCH3 is 1. The first-order valence-electron chi connectivity index (χ1n) is 7.84. The third-order valence-electron chi connectivity index (χ3n) is 3.70. The molecule has 21 heavy (non-hydrogen) atoms. The average molecular weight is 293 g/mol. The number of ether oxygens (including phenoxy) is 1. The van der Waals surface area contributed by atoms with Crippen molar-refractivity contribution < 1.29 is 4.74 Å². The molecule has 4 heteroatoms. The Morgan fingerprint density at radius 1 is 1.14 bits per heavy atom. The van der Waals surface area contributed by atoms with Gasteiger partial charge in [0.25, 0.3) is 0 Å². The number of hydrogen-bond acceptors (Lipinski definition) is 4. The lowest BCUT2D eigenvalue weighted by atomic mass is 10.1. The van der Waals surface area contributed by atoms with E-state index in [0.717, 1.165) is 45.0 Å². The fraction of sp³-hybridized carbons (Fsp3) is 0.647. The zero-order valence-corrected chi connectivity index (χ0v) is 14.3. The van der Waals surface area contributed by atoms with Gasteiger partial charge in [0, 0.05) is 31.7 Å². The SMILES string of the molecule is CCN(CC)Cc1ccc(CNCCN(C)C)c(OC)c1. The van der Waals surface area contributed by atoms with E-state index in [-0.39, 0.29) is 0 Å². The molecule has 0 aliphatic carbocycles. The first-order valence-corrected chi connectivity index (χ1v) is 7.84. The van der Waals surface area contributed by atoms with Gasteiger partial charge in [-0.05, 0) is 38.8 Å². The molecule has 0 radical (unpaired) electrons. The van der Waals surface area contributed by atoms with Crippen LogP contribution in [0, 0.1) is 0 Å². The summed E-state index contributed by atoms with van der Waals surface area (Å²) in [6.07, 6.45) is 0. The molecular weight excluding hydrogens is 262 g/mol. The van der Waals surface area contributed by atoms with Crippen LogP contribution in [0.5, 0.6) is 5.75 Å². The van der Waals surface area contributed by atoms with Crippen molar-refractivity contribution in [1.82, 2.24) is 15.1 Å². The highest BCUT2D eigenvalue weighted by molar-refractivity contribution is 5.37. The van der Waals surface area contributed by atoms with Gasteiger partial charge in [0.15, 0.2) is 0 Å². The Labute approximate surface area is 130 Å². The number of rotatable bonds is 10. The standard InChI is InChI=1S/C17H31N3O/c1-6-20(7-2)14-15-8-9-16(17(12-15)21-5)13-18-10-11-19(3)4/h8-9,12,18H,6-7,10-11,13-14H2,1-5H3. The molecular formula is C17H31N3O. The number of nitrogens with zero attached hydrogens (tertiary/aromatic N) is 2. The summed E-state index contributed by atoms with van der Waals surface area (Å²) in [5.74, 6) is 0.983. The van der Waals surface area contributed by atoms with Gasteiger partial charge in [-0.25, -0.2) is 0 Å². The van der Waals surface area contributed by atoms with Gasteiger partial charge in [0.05, 0.1) is 7.11 Å². The second kappa shape index (κ2) is 9.77. The Balaban J connectivity index is 2.61. The van der Waals surface area contributed by atoms with E-state index >= 15 is 0 Å². The summed E-state index contributed by atoms with van der Waals surface area (Å²) in [4.78, 5) is 4.58. The van der Waals surface area contributed by atoms with Crippen molar-refractivity contribution in [2.75, 3.05) is 47.4 Å². The van der Waals surface area contributed by atoms with Crippen LogP contribution in [0.1, 0.15) is 25.0 Å². The maximum absolute atomic E-state index is 5.54. The Morgan fingerprint density at radius 3 is 2.43 bits per heavy atom. The van der Waals surface area contributed by atoms with Crippen molar-refractivity contribution in [3.63, 3.8) is 0 Å². The van der Waals surface area contributed by atoms with Crippen molar-refractivity contribution in [2.45, 2.75) is 26.9 Å². The smallest absolute Gasteiger partial charge is 0.123 e. The van der Waals surface area contributed by atoms with Crippen LogP contribution in [0.2, 0.25) is 0 Å². The molecule has 1 N–H and O–H groups in total. The fourth-order valence-electron chi connectivity index (χ4n) is 2.26. The molecule has 0 spiro atoms. The molecule has 120 valence electrons. The lowest BCUT2D eigenvalue weighted by Gasteiger charge is -2.19. The van der Waals surface area contributed by atoms with Gasteiger partial charge < -0.3 is 15.0 Å². The van der Waals surface area contributed by atoms with E-state index < -0.39 is 0 Å². The summed E-state index contributed by atoms with van der Waals surface area (Å²) >= 11 is 0. The van der Waals surface area contributed by atoms with Crippen LogP contribution in [0.3, 0.4) is 0 Å². The number of benzene rings is 1. The monoisotopic (exact) mass is 293 g/mol. The third kappa shape index (κ3) is 6.46. The molecule has 1 aromatic rings. The van der Waals surface area contributed by atoms with E-state index in [4.69, 9.17) is 4.74 Å². The molecule has 4 nitrogen and oxygen atoms in total. The highest BCUT2D eigenvalue weighted by Gasteiger charge is 2.07. The van der Waals surface area contributed by atoms with Crippen LogP contribution < -0.4 is 10.1 Å². The van der Waals surface area contributed by atoms with Gasteiger partial charge in [0.2, 0.25) is 0 Å². The third-order valence-corrected chi connectivity index (χ3v) is 3.70. The summed E-state index contributed by atoms with van der Waals surface area (Å²) in [5.41, 5.74) is 2.53. The molecule has 0 amide bonds. The second-order valence-electron chi connectivity index (χ2n) is 5.59. The average Bonchev–Trinajstić information content (AvgIpc) is 2.49. The van der Waals surface area contributed by atoms with Crippen molar-refractivity contribution in [2.24, 2.45) is 0 Å². The summed E-state index contributed by atoms with van der Waals surface area (Å²) in [7, 11) is 5.92. The van der Waals surface area contributed by atoms with E-state index in [1.165, 1.54) is 11.1 Å². The Bertz CT molecular complexity index is 403. The summed E-state index contributed by atoms with van der Waals surface area (Å²) in [5, 5.41) is 3.46. The predicted octanol–water partition coefficient (Wildman–Crippen LogP) is 2.19. The predicted molar refractivity (Wildman–Crippen MR) is 89.9 cm³/mol. The topological polar surface area (TPSA) is 27.7 Å². The number of nitrogens with one attached hydrogen (secondary N) is 1. The second-order valence-corrected chi connectivity index (χ2v) is 5.59.